The number of halogens is 1. The van der Waals surface area contributed by atoms with E-state index in [2.05, 4.69) is 10.1 Å². The molecule has 0 fully saturated rings. The standard InChI is InChI=1S/C11H13ClN4/c1-7-3-11(9(4-13)5-14-7)16-6-10(12)8(2)15-16/h3,5-6H,4,13H2,1-2H3. The third-order valence-electron chi connectivity index (χ3n) is 2.40. The topological polar surface area (TPSA) is 56.7 Å². The number of nitrogens with zero attached hydrogens (tertiary/aromatic N) is 3. The van der Waals surface area contributed by atoms with Gasteiger partial charge in [-0.25, -0.2) is 4.68 Å². The molecule has 0 bridgehead atoms. The molecular formula is C11H13ClN4. The summed E-state index contributed by atoms with van der Waals surface area (Å²) in [6.07, 6.45) is 3.56. The Kier molecular flexibility index (Phi) is 2.94. The molecule has 2 aromatic heterocycles. The van der Waals surface area contributed by atoms with Gasteiger partial charge >= 0.3 is 0 Å². The molecule has 0 aliphatic carbocycles. The van der Waals surface area contributed by atoms with Crippen LogP contribution in [0.3, 0.4) is 0 Å². The number of pyridine rings is 1. The van der Waals surface area contributed by atoms with Crippen LogP contribution < -0.4 is 5.73 Å². The van der Waals surface area contributed by atoms with Crippen molar-refractivity contribution in [3.63, 3.8) is 0 Å². The van der Waals surface area contributed by atoms with Gasteiger partial charge in [0.15, 0.2) is 0 Å². The average Bonchev–Trinajstić information content (AvgIpc) is 2.59. The Balaban J connectivity index is 2.57. The van der Waals surface area contributed by atoms with Gasteiger partial charge in [0.1, 0.15) is 0 Å². The number of nitrogens with two attached hydrogens (primary N) is 1. The van der Waals surface area contributed by atoms with Crippen molar-refractivity contribution in [1.82, 2.24) is 14.8 Å². The van der Waals surface area contributed by atoms with Crippen molar-refractivity contribution in [3.8, 4) is 5.69 Å². The number of rotatable bonds is 2. The van der Waals surface area contributed by atoms with Gasteiger partial charge in [0.05, 0.1) is 16.4 Å². The molecule has 0 aliphatic rings. The fourth-order valence-electron chi connectivity index (χ4n) is 1.51. The molecule has 4 nitrogen and oxygen atoms in total. The Morgan fingerprint density at radius 3 is 2.75 bits per heavy atom. The first-order chi connectivity index (χ1) is 7.61. The van der Waals surface area contributed by atoms with Crippen LogP contribution >= 0.6 is 11.6 Å². The lowest BCUT2D eigenvalue weighted by molar-refractivity contribution is 0.836. The van der Waals surface area contributed by atoms with E-state index in [-0.39, 0.29) is 0 Å². The summed E-state index contributed by atoms with van der Waals surface area (Å²) < 4.78 is 1.74. The average molecular weight is 237 g/mol. The van der Waals surface area contributed by atoms with Crippen molar-refractivity contribution in [1.29, 1.82) is 0 Å². The molecule has 2 rings (SSSR count). The van der Waals surface area contributed by atoms with Crippen LogP contribution in [0.5, 0.6) is 0 Å². The van der Waals surface area contributed by atoms with Crippen LogP contribution in [0, 0.1) is 13.8 Å². The molecule has 0 radical (unpaired) electrons. The van der Waals surface area contributed by atoms with Crippen LogP contribution in [0.2, 0.25) is 5.02 Å². The molecule has 16 heavy (non-hydrogen) atoms. The Bertz CT molecular complexity index is 499. The highest BCUT2D eigenvalue weighted by Crippen LogP contribution is 2.19. The molecule has 5 heteroatoms. The predicted molar refractivity (Wildman–Crippen MR) is 63.7 cm³/mol. The van der Waals surface area contributed by atoms with Gasteiger partial charge in [0.2, 0.25) is 0 Å². The Hall–Kier alpha value is -1.39. The summed E-state index contributed by atoms with van der Waals surface area (Å²) in [4.78, 5) is 4.21. The highest BCUT2D eigenvalue weighted by Gasteiger charge is 2.08. The SMILES string of the molecule is Cc1cc(-n2cc(Cl)c(C)n2)c(CN)cn1. The maximum absolute atomic E-state index is 5.98. The van der Waals surface area contributed by atoms with E-state index in [1.165, 1.54) is 0 Å². The zero-order chi connectivity index (χ0) is 11.7. The van der Waals surface area contributed by atoms with Crippen LogP contribution in [-0.4, -0.2) is 14.8 Å². The van der Waals surface area contributed by atoms with Gasteiger partial charge < -0.3 is 5.73 Å². The predicted octanol–water partition coefficient (Wildman–Crippen LogP) is 2.00. The highest BCUT2D eigenvalue weighted by molar-refractivity contribution is 6.31. The zero-order valence-electron chi connectivity index (χ0n) is 9.24. The summed E-state index contributed by atoms with van der Waals surface area (Å²) in [6, 6.07) is 1.95. The number of aromatic nitrogens is 3. The molecule has 2 heterocycles. The van der Waals surface area contributed by atoms with Gasteiger partial charge in [0.25, 0.3) is 0 Å². The minimum atomic E-state index is 0.430. The third kappa shape index (κ3) is 1.94. The molecule has 0 amide bonds. The molecule has 84 valence electrons. The molecule has 0 saturated heterocycles. The first kappa shape index (κ1) is 11.1. The molecule has 0 aromatic carbocycles. The smallest absolute Gasteiger partial charge is 0.0819 e. The van der Waals surface area contributed by atoms with E-state index in [1.54, 1.807) is 17.1 Å². The monoisotopic (exact) mass is 236 g/mol. The van der Waals surface area contributed by atoms with Gasteiger partial charge in [-0.15, -0.1) is 0 Å². The van der Waals surface area contributed by atoms with Crippen molar-refractivity contribution in [3.05, 3.63) is 40.4 Å². The summed E-state index contributed by atoms with van der Waals surface area (Å²) in [5.74, 6) is 0. The minimum Gasteiger partial charge on any atom is -0.326 e. The molecule has 2 N–H and O–H groups in total. The molecule has 0 aliphatic heterocycles. The zero-order valence-corrected chi connectivity index (χ0v) is 9.99. The van der Waals surface area contributed by atoms with Gasteiger partial charge in [-0.2, -0.15) is 5.10 Å². The summed E-state index contributed by atoms with van der Waals surface area (Å²) in [5, 5.41) is 4.98. The molecule has 2 aromatic rings. The Morgan fingerprint density at radius 1 is 1.44 bits per heavy atom. The summed E-state index contributed by atoms with van der Waals surface area (Å²) in [5.41, 5.74) is 9.28. The second-order valence-electron chi connectivity index (χ2n) is 3.67. The van der Waals surface area contributed by atoms with Gasteiger partial charge in [-0.3, -0.25) is 4.98 Å². The minimum absolute atomic E-state index is 0.430. The van der Waals surface area contributed by atoms with Gasteiger partial charge in [0, 0.05) is 30.2 Å². The molecule has 0 unspecified atom stereocenters. The van der Waals surface area contributed by atoms with Crippen molar-refractivity contribution < 1.29 is 0 Å². The largest absolute Gasteiger partial charge is 0.326 e. The van der Waals surface area contributed by atoms with Crippen LogP contribution in [0.1, 0.15) is 17.0 Å². The van der Waals surface area contributed by atoms with Crippen molar-refractivity contribution >= 4 is 11.6 Å². The van der Waals surface area contributed by atoms with Gasteiger partial charge in [-0.05, 0) is 19.9 Å². The quantitative estimate of drug-likeness (QED) is 0.868. The Morgan fingerprint density at radius 2 is 2.19 bits per heavy atom. The molecule has 0 spiro atoms. The third-order valence-corrected chi connectivity index (χ3v) is 2.78. The van der Waals surface area contributed by atoms with Crippen LogP contribution in [0.15, 0.2) is 18.5 Å². The lowest BCUT2D eigenvalue weighted by Gasteiger charge is -2.07. The number of hydrogen-bond acceptors (Lipinski definition) is 3. The first-order valence-corrected chi connectivity index (χ1v) is 5.37. The first-order valence-electron chi connectivity index (χ1n) is 4.99. The lowest BCUT2D eigenvalue weighted by Crippen LogP contribution is -2.06. The van der Waals surface area contributed by atoms with Crippen molar-refractivity contribution in [2.75, 3.05) is 0 Å². The molecular weight excluding hydrogens is 224 g/mol. The van der Waals surface area contributed by atoms with Crippen LogP contribution in [0.4, 0.5) is 0 Å². The van der Waals surface area contributed by atoms with E-state index in [4.69, 9.17) is 17.3 Å². The number of hydrogen-bond donors (Lipinski definition) is 1. The molecule has 0 saturated carbocycles. The normalized spacial score (nSPS) is 10.8. The second-order valence-corrected chi connectivity index (χ2v) is 4.07. The van der Waals surface area contributed by atoms with Crippen molar-refractivity contribution in [2.24, 2.45) is 5.73 Å². The van der Waals surface area contributed by atoms with E-state index in [9.17, 15) is 0 Å². The second kappa shape index (κ2) is 4.23. The Labute approximate surface area is 99.1 Å². The van der Waals surface area contributed by atoms with E-state index in [0.717, 1.165) is 22.6 Å². The molecule has 0 atom stereocenters. The maximum Gasteiger partial charge on any atom is 0.0819 e. The van der Waals surface area contributed by atoms with E-state index in [0.29, 0.717) is 11.6 Å². The fourth-order valence-corrected chi connectivity index (χ4v) is 1.64. The van der Waals surface area contributed by atoms with E-state index in [1.807, 2.05) is 19.9 Å². The fraction of sp³-hybridized carbons (Fsp3) is 0.273. The van der Waals surface area contributed by atoms with E-state index >= 15 is 0 Å². The van der Waals surface area contributed by atoms with Crippen LogP contribution in [0.25, 0.3) is 5.69 Å². The summed E-state index contributed by atoms with van der Waals surface area (Å²) in [6.45, 7) is 4.23. The maximum atomic E-state index is 5.98. The van der Waals surface area contributed by atoms with Crippen molar-refractivity contribution in [2.45, 2.75) is 20.4 Å². The van der Waals surface area contributed by atoms with E-state index < -0.39 is 0 Å². The lowest BCUT2D eigenvalue weighted by atomic mass is 10.2. The summed E-state index contributed by atoms with van der Waals surface area (Å²) >= 11 is 5.98. The van der Waals surface area contributed by atoms with Gasteiger partial charge in [-0.1, -0.05) is 11.6 Å². The van der Waals surface area contributed by atoms with Crippen LogP contribution in [-0.2, 0) is 6.54 Å². The number of aryl methyl sites for hydroxylation is 2. The summed E-state index contributed by atoms with van der Waals surface area (Å²) in [7, 11) is 0. The highest BCUT2D eigenvalue weighted by atomic mass is 35.5.